The van der Waals surface area contributed by atoms with E-state index in [9.17, 15) is 0 Å². The van der Waals surface area contributed by atoms with E-state index in [0.717, 1.165) is 18.7 Å². The molecule has 0 saturated carbocycles. The van der Waals surface area contributed by atoms with Crippen molar-refractivity contribution in [3.05, 3.63) is 23.7 Å². The Morgan fingerprint density at radius 3 is 2.81 bits per heavy atom. The van der Waals surface area contributed by atoms with Crippen molar-refractivity contribution in [1.82, 2.24) is 5.32 Å². The minimum absolute atomic E-state index is 0.0818. The van der Waals surface area contributed by atoms with Crippen molar-refractivity contribution >= 4 is 11.8 Å². The number of aryl methyl sites for hydroxylation is 2. The molecular formula is C11H16N4O. The lowest BCUT2D eigenvalue weighted by molar-refractivity contribution is 0.562. The van der Waals surface area contributed by atoms with E-state index in [1.165, 1.54) is 11.1 Å². The fraction of sp³-hybridized carbons (Fsp3) is 0.455. The summed E-state index contributed by atoms with van der Waals surface area (Å²) in [7, 11) is 0. The maximum Gasteiger partial charge on any atom is 0.196 e. The highest BCUT2D eigenvalue weighted by Gasteiger charge is 2.11. The van der Waals surface area contributed by atoms with Gasteiger partial charge in [-0.3, -0.25) is 0 Å². The number of amidine groups is 1. The van der Waals surface area contributed by atoms with Crippen LogP contribution in [-0.2, 0) is 6.42 Å². The van der Waals surface area contributed by atoms with Gasteiger partial charge in [0.25, 0.3) is 0 Å². The Kier molecular flexibility index (Phi) is 2.94. The van der Waals surface area contributed by atoms with E-state index in [1.54, 1.807) is 12.5 Å². The largest absolute Gasteiger partial charge is 0.472 e. The van der Waals surface area contributed by atoms with Crippen LogP contribution in [0.5, 0.6) is 0 Å². The molecule has 1 aliphatic rings. The number of guanidine groups is 1. The molecule has 2 heterocycles. The van der Waals surface area contributed by atoms with E-state index >= 15 is 0 Å². The summed E-state index contributed by atoms with van der Waals surface area (Å²) in [6.45, 7) is 3.95. The predicted molar refractivity (Wildman–Crippen MR) is 63.4 cm³/mol. The molecule has 0 saturated heterocycles. The molecule has 5 nitrogen and oxygen atoms in total. The molecule has 3 N–H and O–H groups in total. The van der Waals surface area contributed by atoms with Crippen LogP contribution in [-0.4, -0.2) is 18.0 Å². The number of rotatable bonds is 3. The quantitative estimate of drug-likeness (QED) is 0.803. The first-order valence-corrected chi connectivity index (χ1v) is 5.34. The van der Waals surface area contributed by atoms with Crippen molar-refractivity contribution in [2.45, 2.75) is 32.9 Å². The van der Waals surface area contributed by atoms with Gasteiger partial charge in [-0.1, -0.05) is 0 Å². The van der Waals surface area contributed by atoms with Gasteiger partial charge in [-0.05, 0) is 31.4 Å². The van der Waals surface area contributed by atoms with Gasteiger partial charge in [-0.25, -0.2) is 9.98 Å². The molecule has 1 atom stereocenters. The van der Waals surface area contributed by atoms with E-state index < -0.39 is 0 Å². The SMILES string of the molecule is Cc1cocc1CCC1=NC(C)N=C(N)N1. The maximum atomic E-state index is 5.63. The van der Waals surface area contributed by atoms with Crippen LogP contribution in [0.4, 0.5) is 0 Å². The summed E-state index contributed by atoms with van der Waals surface area (Å²) < 4.78 is 5.12. The highest BCUT2D eigenvalue weighted by Crippen LogP contribution is 2.12. The molecule has 16 heavy (non-hydrogen) atoms. The van der Waals surface area contributed by atoms with Crippen molar-refractivity contribution in [3.8, 4) is 0 Å². The van der Waals surface area contributed by atoms with Crippen LogP contribution in [0.3, 0.4) is 0 Å². The Bertz CT molecular complexity index is 433. The van der Waals surface area contributed by atoms with Gasteiger partial charge in [-0.15, -0.1) is 0 Å². The molecule has 0 radical (unpaired) electrons. The van der Waals surface area contributed by atoms with Crippen LogP contribution in [0, 0.1) is 6.92 Å². The van der Waals surface area contributed by atoms with E-state index in [2.05, 4.69) is 15.3 Å². The number of aliphatic imine (C=N–C) groups is 2. The smallest absolute Gasteiger partial charge is 0.196 e. The Morgan fingerprint density at radius 1 is 1.38 bits per heavy atom. The molecular weight excluding hydrogens is 204 g/mol. The third-order valence-corrected chi connectivity index (χ3v) is 2.53. The average Bonchev–Trinajstić information content (AvgIpc) is 2.59. The van der Waals surface area contributed by atoms with E-state index in [0.29, 0.717) is 5.96 Å². The topological polar surface area (TPSA) is 75.9 Å². The summed E-state index contributed by atoms with van der Waals surface area (Å²) in [5.41, 5.74) is 8.01. The first-order chi connectivity index (χ1) is 7.65. The Hall–Kier alpha value is -1.78. The fourth-order valence-electron chi connectivity index (χ4n) is 1.69. The van der Waals surface area contributed by atoms with Gasteiger partial charge >= 0.3 is 0 Å². The molecule has 1 aliphatic heterocycles. The number of hydrogen-bond acceptors (Lipinski definition) is 5. The van der Waals surface area contributed by atoms with E-state index in [-0.39, 0.29) is 6.17 Å². The first-order valence-electron chi connectivity index (χ1n) is 5.34. The number of nitrogens with one attached hydrogen (secondary N) is 1. The summed E-state index contributed by atoms with van der Waals surface area (Å²) in [6.07, 6.45) is 5.17. The predicted octanol–water partition coefficient (Wildman–Crippen LogP) is 1.18. The average molecular weight is 220 g/mol. The van der Waals surface area contributed by atoms with Crippen molar-refractivity contribution in [2.75, 3.05) is 0 Å². The van der Waals surface area contributed by atoms with Gasteiger partial charge < -0.3 is 15.5 Å². The van der Waals surface area contributed by atoms with Crippen molar-refractivity contribution < 1.29 is 4.42 Å². The standard InChI is InChI=1S/C11H16N4O/c1-7-5-16-6-9(7)3-4-10-13-8(2)14-11(12)15-10/h5-6,8H,3-4H2,1-2H3,(H3,12,13,14,15). The van der Waals surface area contributed by atoms with Gasteiger partial charge in [-0.2, -0.15) is 0 Å². The lowest BCUT2D eigenvalue weighted by atomic mass is 10.1. The van der Waals surface area contributed by atoms with E-state index in [1.807, 2.05) is 13.8 Å². The minimum Gasteiger partial charge on any atom is -0.472 e. The number of hydrogen-bond donors (Lipinski definition) is 2. The Balaban J connectivity index is 1.94. The number of nitrogens with zero attached hydrogens (tertiary/aromatic N) is 2. The number of furan rings is 1. The van der Waals surface area contributed by atoms with Gasteiger partial charge in [0.2, 0.25) is 0 Å². The molecule has 0 bridgehead atoms. The molecule has 0 aliphatic carbocycles. The highest BCUT2D eigenvalue weighted by molar-refractivity contribution is 6.00. The lowest BCUT2D eigenvalue weighted by Crippen LogP contribution is -2.41. The van der Waals surface area contributed by atoms with Crippen LogP contribution >= 0.6 is 0 Å². The lowest BCUT2D eigenvalue weighted by Gasteiger charge is -2.16. The summed E-state index contributed by atoms with van der Waals surface area (Å²) in [5, 5.41) is 2.98. The van der Waals surface area contributed by atoms with Crippen LogP contribution in [0.1, 0.15) is 24.5 Å². The molecule has 0 fully saturated rings. The van der Waals surface area contributed by atoms with Gasteiger partial charge in [0, 0.05) is 6.42 Å². The minimum atomic E-state index is -0.0818. The summed E-state index contributed by atoms with van der Waals surface area (Å²) in [5.74, 6) is 1.34. The number of nitrogens with two attached hydrogens (primary N) is 1. The highest BCUT2D eigenvalue weighted by atomic mass is 16.3. The van der Waals surface area contributed by atoms with Crippen LogP contribution in [0.15, 0.2) is 26.9 Å². The maximum absolute atomic E-state index is 5.63. The third-order valence-electron chi connectivity index (χ3n) is 2.53. The monoisotopic (exact) mass is 220 g/mol. The third kappa shape index (κ3) is 2.42. The Labute approximate surface area is 94.5 Å². The molecule has 0 spiro atoms. The molecule has 0 amide bonds. The van der Waals surface area contributed by atoms with Gasteiger partial charge in [0.05, 0.1) is 12.5 Å². The zero-order valence-electron chi connectivity index (χ0n) is 9.53. The van der Waals surface area contributed by atoms with Crippen molar-refractivity contribution in [1.29, 1.82) is 0 Å². The first kappa shape index (κ1) is 10.7. The fourth-order valence-corrected chi connectivity index (χ4v) is 1.69. The second-order valence-electron chi connectivity index (χ2n) is 3.93. The zero-order valence-corrected chi connectivity index (χ0v) is 9.53. The van der Waals surface area contributed by atoms with Crippen LogP contribution in [0.25, 0.3) is 0 Å². The zero-order chi connectivity index (χ0) is 11.5. The van der Waals surface area contributed by atoms with E-state index in [4.69, 9.17) is 10.2 Å². The summed E-state index contributed by atoms with van der Waals surface area (Å²) in [4.78, 5) is 8.44. The summed E-state index contributed by atoms with van der Waals surface area (Å²) >= 11 is 0. The molecule has 86 valence electrons. The van der Waals surface area contributed by atoms with Gasteiger partial charge in [0.1, 0.15) is 12.0 Å². The normalized spacial score (nSPS) is 20.0. The summed E-state index contributed by atoms with van der Waals surface area (Å²) in [6, 6.07) is 0. The molecule has 1 aromatic rings. The Morgan fingerprint density at radius 2 is 2.19 bits per heavy atom. The van der Waals surface area contributed by atoms with Crippen LogP contribution < -0.4 is 11.1 Å². The van der Waals surface area contributed by atoms with Crippen LogP contribution in [0.2, 0.25) is 0 Å². The van der Waals surface area contributed by atoms with Gasteiger partial charge in [0.15, 0.2) is 5.96 Å². The molecule has 1 aromatic heterocycles. The second kappa shape index (κ2) is 4.38. The molecule has 1 unspecified atom stereocenters. The second-order valence-corrected chi connectivity index (χ2v) is 3.93. The van der Waals surface area contributed by atoms with Crippen molar-refractivity contribution in [2.24, 2.45) is 15.7 Å². The molecule has 5 heteroatoms. The molecule has 2 rings (SSSR count). The molecule has 0 aromatic carbocycles. The van der Waals surface area contributed by atoms with Crippen molar-refractivity contribution in [3.63, 3.8) is 0 Å².